The second-order valence-corrected chi connectivity index (χ2v) is 13.0. The monoisotopic (exact) mass is 575 g/mol. The van der Waals surface area contributed by atoms with Gasteiger partial charge in [-0.25, -0.2) is 14.2 Å². The van der Waals surface area contributed by atoms with Crippen LogP contribution in [0.1, 0.15) is 61.1 Å². The topological polar surface area (TPSA) is 165 Å². The zero-order valence-corrected chi connectivity index (χ0v) is 24.4. The quantitative estimate of drug-likeness (QED) is 0.358. The van der Waals surface area contributed by atoms with Gasteiger partial charge in [0.25, 0.3) is 5.56 Å². The summed E-state index contributed by atoms with van der Waals surface area (Å²) in [6.45, 7) is 11.5. The molecule has 0 bridgehead atoms. The largest absolute Gasteiger partial charge is 0.475 e. The molecule has 1 unspecified atom stereocenters. The molecule has 0 spiro atoms. The van der Waals surface area contributed by atoms with Crippen LogP contribution in [-0.2, 0) is 37.1 Å². The first-order valence-corrected chi connectivity index (χ1v) is 14.1. The summed E-state index contributed by atoms with van der Waals surface area (Å²) < 4.78 is 48.2. The molecule has 0 radical (unpaired) electrons. The third-order valence-electron chi connectivity index (χ3n) is 6.18. The average Bonchev–Trinajstić information content (AvgIpc) is 3.04. The van der Waals surface area contributed by atoms with Gasteiger partial charge in [0.05, 0.1) is 31.8 Å². The van der Waals surface area contributed by atoms with Crippen LogP contribution < -0.4 is 11.2 Å². The predicted octanol–water partition coefficient (Wildman–Crippen LogP) is 2.58. The number of phosphoric acid groups is 1. The molecule has 1 aromatic rings. The number of rotatable bonds is 8. The van der Waals surface area contributed by atoms with E-state index in [0.717, 1.165) is 0 Å². The molecule has 1 N–H and O–H groups in total. The molecule has 0 saturated carbocycles. The normalized spacial score (nSPS) is 27.1. The summed E-state index contributed by atoms with van der Waals surface area (Å²) in [5.74, 6) is -0.586. The highest BCUT2D eigenvalue weighted by molar-refractivity contribution is 7.48. The number of hydrogen-bond donors (Lipinski definition) is 1. The fourth-order valence-electron chi connectivity index (χ4n) is 4.27. The smallest absolute Gasteiger partial charge is 0.463 e. The van der Waals surface area contributed by atoms with Crippen LogP contribution in [0, 0.1) is 5.41 Å². The number of carbonyl (C=O) groups excluding carboxylic acids is 2. The Morgan fingerprint density at radius 3 is 2.54 bits per heavy atom. The maximum atomic E-state index is 13.5. The molecule has 1 aromatic heterocycles. The number of hydrogen-bond acceptors (Lipinski definition) is 11. The average molecular weight is 576 g/mol. The van der Waals surface area contributed by atoms with Crippen LogP contribution in [0.25, 0.3) is 0 Å². The summed E-state index contributed by atoms with van der Waals surface area (Å²) in [6.07, 6.45) is -2.38. The number of amides is 1. The van der Waals surface area contributed by atoms with Gasteiger partial charge in [-0.2, -0.15) is 0 Å². The number of carbonyl (C=O) groups is 2. The van der Waals surface area contributed by atoms with Crippen LogP contribution in [0.15, 0.2) is 21.9 Å². The SMILES string of the molecule is CC(C)OC(=O)CC(CO[P@]1(=O)OC[C@H]2O[C@@H](n3ccc(=O)[nH]c3=O)C(C)(C)[C@@H]2O1)N(C)C(=O)OC(C)(C)C. The van der Waals surface area contributed by atoms with Crippen LogP contribution in [0.3, 0.4) is 0 Å². The van der Waals surface area contributed by atoms with Crippen molar-refractivity contribution in [2.75, 3.05) is 20.3 Å². The van der Waals surface area contributed by atoms with Crippen LogP contribution in [-0.4, -0.2) is 76.7 Å². The maximum Gasteiger partial charge on any atom is 0.475 e. The van der Waals surface area contributed by atoms with Crippen molar-refractivity contribution in [3.05, 3.63) is 33.1 Å². The Morgan fingerprint density at radius 2 is 1.95 bits per heavy atom. The van der Waals surface area contributed by atoms with E-state index >= 15 is 0 Å². The lowest BCUT2D eigenvalue weighted by Gasteiger charge is -2.37. The molecule has 1 amide bonds. The molecular weight excluding hydrogens is 537 g/mol. The van der Waals surface area contributed by atoms with Gasteiger partial charge in [-0.05, 0) is 34.6 Å². The van der Waals surface area contributed by atoms with E-state index in [9.17, 15) is 23.7 Å². The Hall–Kier alpha value is -2.51. The maximum absolute atomic E-state index is 13.5. The number of aromatic nitrogens is 2. The van der Waals surface area contributed by atoms with E-state index in [0.29, 0.717) is 0 Å². The molecule has 0 aromatic carbocycles. The molecule has 0 aliphatic carbocycles. The molecule has 220 valence electrons. The van der Waals surface area contributed by atoms with Gasteiger partial charge >= 0.3 is 25.6 Å². The van der Waals surface area contributed by atoms with Gasteiger partial charge in [-0.1, -0.05) is 13.8 Å². The number of phosphoric ester groups is 1. The zero-order chi connectivity index (χ0) is 29.3. The Kier molecular flexibility index (Phi) is 9.18. The van der Waals surface area contributed by atoms with Crippen LogP contribution >= 0.6 is 7.82 Å². The number of nitrogens with one attached hydrogen (secondary N) is 1. The Labute approximate surface area is 226 Å². The van der Waals surface area contributed by atoms with Gasteiger partial charge in [0.2, 0.25) is 0 Å². The highest BCUT2D eigenvalue weighted by Crippen LogP contribution is 2.60. The summed E-state index contributed by atoms with van der Waals surface area (Å²) in [4.78, 5) is 52.3. The predicted molar refractivity (Wildman–Crippen MR) is 137 cm³/mol. The lowest BCUT2D eigenvalue weighted by atomic mass is 9.84. The minimum Gasteiger partial charge on any atom is -0.463 e. The highest BCUT2D eigenvalue weighted by atomic mass is 31.2. The minimum absolute atomic E-state index is 0.165. The van der Waals surface area contributed by atoms with Crippen molar-refractivity contribution in [2.24, 2.45) is 5.41 Å². The standard InChI is InChI=1S/C24H38N3O11P/c1-14(2)35-18(29)11-15(26(8)22(31)37-23(3,4)5)12-33-39(32)34-13-16-19(38-39)24(6,7)20(36-16)27-10-9-17(28)25-21(27)30/h9-10,14-16,19-20H,11-13H2,1-8H3,(H,25,28,30)/t15?,16-,19-,20-,39-/m1/s1. The summed E-state index contributed by atoms with van der Waals surface area (Å²) in [5.41, 5.74) is -2.90. The Morgan fingerprint density at radius 1 is 1.28 bits per heavy atom. The number of H-pyrrole nitrogens is 1. The van der Waals surface area contributed by atoms with E-state index in [1.54, 1.807) is 48.5 Å². The van der Waals surface area contributed by atoms with Gasteiger partial charge in [0, 0.05) is 24.7 Å². The van der Waals surface area contributed by atoms with Gasteiger partial charge in [0.1, 0.15) is 24.0 Å². The molecule has 39 heavy (non-hydrogen) atoms. The van der Waals surface area contributed by atoms with Crippen LogP contribution in [0.4, 0.5) is 4.79 Å². The number of fused-ring (bicyclic) bond motifs is 1. The molecule has 3 heterocycles. The summed E-state index contributed by atoms with van der Waals surface area (Å²) >= 11 is 0. The fourth-order valence-corrected chi connectivity index (χ4v) is 5.84. The lowest BCUT2D eigenvalue weighted by molar-refractivity contribution is -0.149. The lowest BCUT2D eigenvalue weighted by Crippen LogP contribution is -2.45. The summed E-state index contributed by atoms with van der Waals surface area (Å²) in [6, 6.07) is 0.280. The third kappa shape index (κ3) is 7.57. The van der Waals surface area contributed by atoms with Crippen molar-refractivity contribution in [3.63, 3.8) is 0 Å². The molecule has 14 nitrogen and oxygen atoms in total. The van der Waals surface area contributed by atoms with E-state index in [1.807, 2.05) is 0 Å². The molecule has 2 aliphatic heterocycles. The van der Waals surface area contributed by atoms with Gasteiger partial charge < -0.3 is 19.1 Å². The van der Waals surface area contributed by atoms with E-state index in [-0.39, 0.29) is 25.7 Å². The summed E-state index contributed by atoms with van der Waals surface area (Å²) in [5, 5.41) is 0. The fraction of sp³-hybridized carbons (Fsp3) is 0.750. The second-order valence-electron chi connectivity index (χ2n) is 11.4. The van der Waals surface area contributed by atoms with Crippen molar-refractivity contribution in [3.8, 4) is 0 Å². The van der Waals surface area contributed by atoms with E-state index in [1.165, 1.54) is 28.8 Å². The van der Waals surface area contributed by atoms with E-state index in [4.69, 9.17) is 27.8 Å². The van der Waals surface area contributed by atoms with Crippen molar-refractivity contribution in [2.45, 2.75) is 91.1 Å². The summed E-state index contributed by atoms with van der Waals surface area (Å²) in [7, 11) is -2.76. The van der Waals surface area contributed by atoms with Crippen LogP contribution in [0.5, 0.6) is 0 Å². The molecule has 2 fully saturated rings. The van der Waals surface area contributed by atoms with E-state index in [2.05, 4.69) is 4.98 Å². The molecule has 2 aliphatic rings. The van der Waals surface area contributed by atoms with Crippen molar-refractivity contribution in [1.82, 2.24) is 14.5 Å². The Balaban J connectivity index is 1.75. The van der Waals surface area contributed by atoms with Gasteiger partial charge in [0.15, 0.2) is 0 Å². The zero-order valence-electron chi connectivity index (χ0n) is 23.5. The first kappa shape index (κ1) is 31.0. The van der Waals surface area contributed by atoms with Crippen molar-refractivity contribution in [1.29, 1.82) is 0 Å². The number of likely N-dealkylation sites (N-methyl/N-ethyl adjacent to an activating group) is 1. The van der Waals surface area contributed by atoms with E-state index < -0.39 is 66.6 Å². The first-order valence-electron chi connectivity index (χ1n) is 12.6. The third-order valence-corrected chi connectivity index (χ3v) is 7.59. The van der Waals surface area contributed by atoms with Crippen molar-refractivity contribution < 1.29 is 41.9 Å². The molecule has 15 heteroatoms. The number of esters is 1. The number of ether oxygens (including phenoxy) is 3. The van der Waals surface area contributed by atoms with Gasteiger partial charge in [-0.15, -0.1) is 0 Å². The number of nitrogens with zero attached hydrogens (tertiary/aromatic N) is 2. The second kappa shape index (κ2) is 11.5. The minimum atomic E-state index is -4.19. The van der Waals surface area contributed by atoms with Gasteiger partial charge in [-0.3, -0.25) is 32.7 Å². The molecular formula is C24H38N3O11P. The Bertz CT molecular complexity index is 1220. The highest BCUT2D eigenvalue weighted by Gasteiger charge is 2.58. The molecule has 3 rings (SSSR count). The van der Waals surface area contributed by atoms with Crippen LogP contribution in [0.2, 0.25) is 0 Å². The molecule has 2 saturated heterocycles. The first-order chi connectivity index (χ1) is 17.9. The van der Waals surface area contributed by atoms with Crippen molar-refractivity contribution >= 4 is 19.9 Å². The number of aromatic amines is 1. The molecule has 5 atom stereocenters.